The highest BCUT2D eigenvalue weighted by molar-refractivity contribution is 5.71. The van der Waals surface area contributed by atoms with Crippen LogP contribution in [0.5, 0.6) is 0 Å². The van der Waals surface area contributed by atoms with Crippen molar-refractivity contribution < 1.29 is 4.79 Å². The zero-order valence-electron chi connectivity index (χ0n) is 8.33. The molecule has 2 N–H and O–H groups in total. The van der Waals surface area contributed by atoms with E-state index in [4.69, 9.17) is 5.73 Å². The number of carbonyl (C=O) groups is 1. The lowest BCUT2D eigenvalue weighted by molar-refractivity contribution is 0.189. The molecule has 0 atom stereocenters. The van der Waals surface area contributed by atoms with E-state index in [1.165, 1.54) is 32.4 Å². The maximum atomic E-state index is 10.7. The molecule has 0 bridgehead atoms. The maximum absolute atomic E-state index is 10.7. The first-order valence-corrected chi connectivity index (χ1v) is 4.93. The van der Waals surface area contributed by atoms with Crippen LogP contribution in [0.4, 0.5) is 4.79 Å². The minimum atomic E-state index is -0.336. The quantitative estimate of drug-likeness (QED) is 0.695. The average Bonchev–Trinajstić information content (AvgIpc) is 2.15. The van der Waals surface area contributed by atoms with Gasteiger partial charge in [-0.3, -0.25) is 0 Å². The number of nitrogens with two attached hydrogens (primary N) is 1. The summed E-state index contributed by atoms with van der Waals surface area (Å²) in [6.45, 7) is 4.05. The highest BCUT2D eigenvalue weighted by Crippen LogP contribution is 2.07. The van der Waals surface area contributed by atoms with E-state index in [1.807, 2.05) is 0 Å². The molecule has 0 unspecified atom stereocenters. The number of likely N-dealkylation sites (N-methyl/N-ethyl adjacent to an activating group) is 1. The lowest BCUT2D eigenvalue weighted by atomic mass is 10.1. The number of likely N-dealkylation sites (tertiary alicyclic amines) is 1. The van der Waals surface area contributed by atoms with E-state index >= 15 is 0 Å². The summed E-state index contributed by atoms with van der Waals surface area (Å²) in [7, 11) is 1.74. The van der Waals surface area contributed by atoms with Crippen LogP contribution in [0.1, 0.15) is 19.3 Å². The van der Waals surface area contributed by atoms with Gasteiger partial charge in [0, 0.05) is 20.1 Å². The molecule has 1 aliphatic heterocycles. The molecule has 4 heteroatoms. The molecule has 1 fully saturated rings. The van der Waals surface area contributed by atoms with E-state index in [2.05, 4.69) is 4.90 Å². The summed E-state index contributed by atoms with van der Waals surface area (Å²) in [5, 5.41) is 0. The van der Waals surface area contributed by atoms with Crippen molar-refractivity contribution in [3.05, 3.63) is 0 Å². The van der Waals surface area contributed by atoms with Crippen LogP contribution in [0, 0.1) is 0 Å². The van der Waals surface area contributed by atoms with E-state index in [1.54, 1.807) is 11.9 Å². The van der Waals surface area contributed by atoms with Crippen LogP contribution in [0.2, 0.25) is 0 Å². The highest BCUT2D eigenvalue weighted by atomic mass is 16.2. The van der Waals surface area contributed by atoms with Gasteiger partial charge in [0.15, 0.2) is 0 Å². The molecule has 0 aliphatic carbocycles. The van der Waals surface area contributed by atoms with Gasteiger partial charge in [-0.25, -0.2) is 4.79 Å². The predicted molar refractivity (Wildman–Crippen MR) is 52.5 cm³/mol. The fourth-order valence-corrected chi connectivity index (χ4v) is 1.58. The van der Waals surface area contributed by atoms with Gasteiger partial charge in [-0.15, -0.1) is 0 Å². The number of hydrogen-bond acceptors (Lipinski definition) is 2. The van der Waals surface area contributed by atoms with Crippen molar-refractivity contribution >= 4 is 6.03 Å². The largest absolute Gasteiger partial charge is 0.351 e. The molecule has 2 amide bonds. The molecule has 4 nitrogen and oxygen atoms in total. The van der Waals surface area contributed by atoms with Crippen molar-refractivity contribution in [2.45, 2.75) is 19.3 Å². The normalized spacial score (nSPS) is 18.5. The Balaban J connectivity index is 2.13. The molecule has 0 radical (unpaired) electrons. The Morgan fingerprint density at radius 2 is 2.00 bits per heavy atom. The smallest absolute Gasteiger partial charge is 0.314 e. The second kappa shape index (κ2) is 5.07. The van der Waals surface area contributed by atoms with Crippen molar-refractivity contribution in [3.8, 4) is 0 Å². The fraction of sp³-hybridized carbons (Fsp3) is 0.889. The van der Waals surface area contributed by atoms with Gasteiger partial charge in [0.05, 0.1) is 0 Å². The molecule has 76 valence electrons. The van der Waals surface area contributed by atoms with Crippen LogP contribution < -0.4 is 5.73 Å². The third-order valence-electron chi connectivity index (χ3n) is 2.58. The summed E-state index contributed by atoms with van der Waals surface area (Å²) in [5.41, 5.74) is 5.12. The summed E-state index contributed by atoms with van der Waals surface area (Å²) in [6.07, 6.45) is 3.93. The van der Waals surface area contributed by atoms with Crippen molar-refractivity contribution in [2.75, 3.05) is 33.2 Å². The van der Waals surface area contributed by atoms with Crippen molar-refractivity contribution in [3.63, 3.8) is 0 Å². The molecule has 0 spiro atoms. The van der Waals surface area contributed by atoms with Gasteiger partial charge in [-0.05, 0) is 25.9 Å². The second-order valence-electron chi connectivity index (χ2n) is 3.66. The lowest BCUT2D eigenvalue weighted by Crippen LogP contribution is -2.40. The molecule has 0 aromatic heterocycles. The van der Waals surface area contributed by atoms with Crippen LogP contribution in [-0.2, 0) is 0 Å². The summed E-state index contributed by atoms with van der Waals surface area (Å²) in [4.78, 5) is 14.7. The predicted octanol–water partition coefficient (Wildman–Crippen LogP) is 0.483. The molecule has 1 heterocycles. The molecular weight excluding hydrogens is 166 g/mol. The number of amides is 2. The maximum Gasteiger partial charge on any atom is 0.314 e. The summed E-state index contributed by atoms with van der Waals surface area (Å²) < 4.78 is 0. The van der Waals surface area contributed by atoms with E-state index < -0.39 is 0 Å². The minimum Gasteiger partial charge on any atom is -0.351 e. The van der Waals surface area contributed by atoms with Crippen LogP contribution in [0.25, 0.3) is 0 Å². The number of primary amides is 1. The third kappa shape index (κ3) is 3.63. The van der Waals surface area contributed by atoms with Gasteiger partial charge < -0.3 is 15.5 Å². The molecule has 0 aromatic rings. The molecule has 13 heavy (non-hydrogen) atoms. The summed E-state index contributed by atoms with van der Waals surface area (Å²) >= 11 is 0. The van der Waals surface area contributed by atoms with Crippen LogP contribution in [0.3, 0.4) is 0 Å². The molecule has 1 aliphatic rings. The number of nitrogens with zero attached hydrogens (tertiary/aromatic N) is 2. The minimum absolute atomic E-state index is 0.336. The van der Waals surface area contributed by atoms with Gasteiger partial charge in [0.2, 0.25) is 0 Å². The Morgan fingerprint density at radius 1 is 1.38 bits per heavy atom. The number of carbonyl (C=O) groups excluding carboxylic acids is 1. The Labute approximate surface area is 79.7 Å². The van der Waals surface area contributed by atoms with Crippen molar-refractivity contribution in [2.24, 2.45) is 5.73 Å². The van der Waals surface area contributed by atoms with Gasteiger partial charge in [-0.2, -0.15) is 0 Å². The fourth-order valence-electron chi connectivity index (χ4n) is 1.58. The number of hydrogen-bond donors (Lipinski definition) is 1. The first-order chi connectivity index (χ1) is 6.20. The Bertz CT molecular complexity index is 166. The first kappa shape index (κ1) is 10.3. The van der Waals surface area contributed by atoms with Crippen LogP contribution >= 0.6 is 0 Å². The van der Waals surface area contributed by atoms with Gasteiger partial charge in [0.1, 0.15) is 0 Å². The van der Waals surface area contributed by atoms with E-state index in [0.717, 1.165) is 13.1 Å². The van der Waals surface area contributed by atoms with Crippen LogP contribution in [0.15, 0.2) is 0 Å². The molecule has 0 saturated carbocycles. The van der Waals surface area contributed by atoms with Crippen molar-refractivity contribution in [1.29, 1.82) is 0 Å². The lowest BCUT2D eigenvalue weighted by Gasteiger charge is -2.27. The Hall–Kier alpha value is -0.770. The van der Waals surface area contributed by atoms with Crippen LogP contribution in [-0.4, -0.2) is 49.1 Å². The highest BCUT2D eigenvalue weighted by Gasteiger charge is 2.11. The number of piperidine rings is 1. The Morgan fingerprint density at radius 3 is 2.54 bits per heavy atom. The Kier molecular flexibility index (Phi) is 4.02. The molecular formula is C9H19N3O. The van der Waals surface area contributed by atoms with Gasteiger partial charge in [0.25, 0.3) is 0 Å². The SMILES string of the molecule is CN(CCN1CCCCC1)C(N)=O. The monoisotopic (exact) mass is 185 g/mol. The zero-order valence-corrected chi connectivity index (χ0v) is 8.33. The molecule has 1 saturated heterocycles. The number of rotatable bonds is 3. The second-order valence-corrected chi connectivity index (χ2v) is 3.66. The average molecular weight is 185 g/mol. The molecule has 0 aromatic carbocycles. The van der Waals surface area contributed by atoms with E-state index in [-0.39, 0.29) is 6.03 Å². The summed E-state index contributed by atoms with van der Waals surface area (Å²) in [5.74, 6) is 0. The summed E-state index contributed by atoms with van der Waals surface area (Å²) in [6, 6.07) is -0.336. The van der Waals surface area contributed by atoms with Crippen molar-refractivity contribution in [1.82, 2.24) is 9.80 Å². The van der Waals surface area contributed by atoms with E-state index in [0.29, 0.717) is 0 Å². The molecule has 1 rings (SSSR count). The topological polar surface area (TPSA) is 49.6 Å². The van der Waals surface area contributed by atoms with Gasteiger partial charge in [-0.1, -0.05) is 6.42 Å². The van der Waals surface area contributed by atoms with E-state index in [9.17, 15) is 4.79 Å². The van der Waals surface area contributed by atoms with Gasteiger partial charge >= 0.3 is 6.03 Å². The zero-order chi connectivity index (χ0) is 9.68. The first-order valence-electron chi connectivity index (χ1n) is 4.93. The number of urea groups is 1. The third-order valence-corrected chi connectivity index (χ3v) is 2.58. The standard InChI is InChI=1S/C9H19N3O/c1-11(9(10)13)7-8-12-5-3-2-4-6-12/h2-8H2,1H3,(H2,10,13).